The first kappa shape index (κ1) is 5.80. The second-order valence-electron chi connectivity index (χ2n) is 3.34. The Balaban J connectivity index is 2.30. The zero-order valence-corrected chi connectivity index (χ0v) is 7.29. The molecule has 0 saturated heterocycles. The molecule has 2 rings (SSSR count). The van der Waals surface area contributed by atoms with E-state index < -0.39 is 5.89 Å². The highest BCUT2D eigenvalue weighted by atomic mass is 14.2. The molecule has 0 aliphatic heterocycles. The van der Waals surface area contributed by atoms with E-state index in [0.717, 1.165) is 31.2 Å². The third-order valence-corrected chi connectivity index (χ3v) is 2.44. The number of hydrogen-bond acceptors (Lipinski definition) is 0. The van der Waals surface area contributed by atoms with E-state index in [1.807, 2.05) is 30.3 Å². The largest absolute Gasteiger partial charge is 0.0622 e. The van der Waals surface area contributed by atoms with Crippen LogP contribution in [0.2, 0.25) is 0 Å². The molecule has 0 bridgehead atoms. The van der Waals surface area contributed by atoms with Crippen molar-refractivity contribution in [1.82, 2.24) is 0 Å². The van der Waals surface area contributed by atoms with Gasteiger partial charge < -0.3 is 0 Å². The summed E-state index contributed by atoms with van der Waals surface area (Å²) in [6.07, 6.45) is 3.66. The van der Waals surface area contributed by atoms with E-state index in [1.165, 1.54) is 0 Å². The summed E-state index contributed by atoms with van der Waals surface area (Å²) in [4.78, 5) is 0. The van der Waals surface area contributed by atoms with Crippen molar-refractivity contribution < 1.29 is 2.74 Å². The highest BCUT2D eigenvalue weighted by Crippen LogP contribution is 2.31. The third kappa shape index (κ3) is 1.69. The lowest BCUT2D eigenvalue weighted by molar-refractivity contribution is 0.443. The van der Waals surface area contributed by atoms with Gasteiger partial charge in [0, 0.05) is 2.74 Å². The van der Waals surface area contributed by atoms with Gasteiger partial charge in [-0.2, -0.15) is 0 Å². The van der Waals surface area contributed by atoms with Crippen molar-refractivity contribution in [3.05, 3.63) is 35.9 Å². The molecule has 0 amide bonds. The maximum atomic E-state index is 8.38. The van der Waals surface area contributed by atoms with E-state index in [-0.39, 0.29) is 6.40 Å². The Kier molecular flexibility index (Phi) is 1.81. The maximum Gasteiger partial charge on any atom is 0.0352 e. The molecule has 2 unspecified atom stereocenters. The lowest BCUT2D eigenvalue weighted by Crippen LogP contribution is -2.03. The fraction of sp³-hybridized carbons (Fsp3) is 0.500. The number of hydrogen-bond donors (Lipinski definition) is 0. The Bertz CT molecular complexity index is 296. The predicted molar refractivity (Wildman–Crippen MR) is 52.3 cm³/mol. The van der Waals surface area contributed by atoms with E-state index in [1.54, 1.807) is 0 Å². The van der Waals surface area contributed by atoms with E-state index in [9.17, 15) is 0 Å². The summed E-state index contributed by atoms with van der Waals surface area (Å²) in [6.45, 7) is 0. The molecular formula is C12H16. The van der Waals surface area contributed by atoms with Crippen molar-refractivity contribution in [3.63, 3.8) is 0 Å². The van der Waals surface area contributed by atoms with Crippen LogP contribution in [0.1, 0.15) is 46.3 Å². The molecule has 64 valence electrons. The molecule has 0 spiro atoms. The molecule has 0 radical (unpaired) electrons. The monoisotopic (exact) mass is 162 g/mol. The van der Waals surface area contributed by atoms with Crippen LogP contribution in [0.25, 0.3) is 0 Å². The number of benzene rings is 1. The van der Waals surface area contributed by atoms with E-state index in [4.69, 9.17) is 2.74 Å². The van der Waals surface area contributed by atoms with Gasteiger partial charge in [0.25, 0.3) is 0 Å². The highest BCUT2D eigenvalue weighted by molar-refractivity contribution is 5.19. The first-order valence-corrected chi connectivity index (χ1v) is 4.71. The van der Waals surface area contributed by atoms with Crippen molar-refractivity contribution in [2.45, 2.75) is 38.0 Å². The van der Waals surface area contributed by atoms with Crippen molar-refractivity contribution in [2.75, 3.05) is 0 Å². The van der Waals surface area contributed by atoms with Crippen LogP contribution in [0.3, 0.4) is 0 Å². The SMILES string of the molecule is [2H]C1CCCCC1([2H])c1ccccc1. The van der Waals surface area contributed by atoms with Gasteiger partial charge in [0.15, 0.2) is 0 Å². The van der Waals surface area contributed by atoms with Gasteiger partial charge in [0.05, 0.1) is 0 Å². The highest BCUT2D eigenvalue weighted by Gasteiger charge is 2.14. The minimum Gasteiger partial charge on any atom is -0.0622 e. The van der Waals surface area contributed by atoms with Crippen LogP contribution in [0.5, 0.6) is 0 Å². The average molecular weight is 162 g/mol. The van der Waals surface area contributed by atoms with Gasteiger partial charge in [-0.3, -0.25) is 0 Å². The maximum absolute atomic E-state index is 8.38. The van der Waals surface area contributed by atoms with Gasteiger partial charge in [0.2, 0.25) is 0 Å². The summed E-state index contributed by atoms with van der Waals surface area (Å²) in [5, 5.41) is 0. The second kappa shape index (κ2) is 3.75. The first-order valence-electron chi connectivity index (χ1n) is 5.79. The molecule has 0 heterocycles. The summed E-state index contributed by atoms with van der Waals surface area (Å²) < 4.78 is 16.4. The topological polar surface area (TPSA) is 0 Å². The molecule has 1 aliphatic carbocycles. The summed E-state index contributed by atoms with van der Waals surface area (Å²) in [7, 11) is 0. The molecule has 1 aliphatic rings. The summed E-state index contributed by atoms with van der Waals surface area (Å²) in [6, 6.07) is 9.87. The van der Waals surface area contributed by atoms with Crippen molar-refractivity contribution in [1.29, 1.82) is 0 Å². The molecule has 12 heavy (non-hydrogen) atoms. The van der Waals surface area contributed by atoms with Gasteiger partial charge in [-0.25, -0.2) is 0 Å². The molecule has 0 N–H and O–H groups in total. The Morgan fingerprint density at radius 3 is 2.75 bits per heavy atom. The minimum absolute atomic E-state index is 0.251. The Labute approximate surface area is 77.4 Å². The zero-order valence-electron chi connectivity index (χ0n) is 9.29. The van der Waals surface area contributed by atoms with Gasteiger partial charge in [-0.1, -0.05) is 49.6 Å². The van der Waals surface area contributed by atoms with Gasteiger partial charge >= 0.3 is 0 Å². The molecule has 0 aromatic heterocycles. The van der Waals surface area contributed by atoms with Gasteiger partial charge in [0.1, 0.15) is 0 Å². The van der Waals surface area contributed by atoms with Crippen molar-refractivity contribution in [2.24, 2.45) is 0 Å². The fourth-order valence-corrected chi connectivity index (χ4v) is 1.75. The lowest BCUT2D eigenvalue weighted by atomic mass is 9.84. The average Bonchev–Trinajstić information content (AvgIpc) is 2.24. The number of rotatable bonds is 1. The van der Waals surface area contributed by atoms with Crippen LogP contribution in [-0.4, -0.2) is 0 Å². The molecule has 0 heteroatoms. The Morgan fingerprint density at radius 1 is 1.17 bits per heavy atom. The molecule has 1 fully saturated rings. The molecule has 1 saturated carbocycles. The van der Waals surface area contributed by atoms with Crippen LogP contribution in [0.4, 0.5) is 0 Å². The van der Waals surface area contributed by atoms with Crippen LogP contribution in [0.15, 0.2) is 30.3 Å². The summed E-state index contributed by atoms with van der Waals surface area (Å²) in [5.41, 5.74) is 1.01. The summed E-state index contributed by atoms with van der Waals surface area (Å²) >= 11 is 0. The smallest absolute Gasteiger partial charge is 0.0352 e. The minimum atomic E-state index is -0.653. The van der Waals surface area contributed by atoms with Crippen molar-refractivity contribution in [3.8, 4) is 0 Å². The van der Waals surface area contributed by atoms with Crippen LogP contribution in [-0.2, 0) is 0 Å². The first-order chi connectivity index (χ1) is 6.73. The lowest BCUT2D eigenvalue weighted by Gasteiger charge is -2.21. The van der Waals surface area contributed by atoms with Gasteiger partial charge in [-0.05, 0) is 24.3 Å². The van der Waals surface area contributed by atoms with Gasteiger partial charge in [-0.15, -0.1) is 0 Å². The van der Waals surface area contributed by atoms with Crippen LogP contribution in [0, 0.1) is 0 Å². The second-order valence-corrected chi connectivity index (χ2v) is 3.34. The molecular weight excluding hydrogens is 144 g/mol. The van der Waals surface area contributed by atoms with E-state index >= 15 is 0 Å². The third-order valence-electron chi connectivity index (χ3n) is 2.44. The molecule has 1 aromatic carbocycles. The van der Waals surface area contributed by atoms with Crippen molar-refractivity contribution >= 4 is 0 Å². The molecule has 1 aromatic rings. The zero-order chi connectivity index (χ0) is 10.0. The Morgan fingerprint density at radius 2 is 2.00 bits per heavy atom. The summed E-state index contributed by atoms with van der Waals surface area (Å²) in [5.74, 6) is -0.653. The van der Waals surface area contributed by atoms with E-state index in [2.05, 4.69) is 0 Å². The quantitative estimate of drug-likeness (QED) is 0.590. The fourth-order valence-electron chi connectivity index (χ4n) is 1.75. The molecule has 2 atom stereocenters. The van der Waals surface area contributed by atoms with Crippen LogP contribution < -0.4 is 0 Å². The van der Waals surface area contributed by atoms with Crippen LogP contribution >= 0.6 is 0 Å². The Hall–Kier alpha value is -0.780. The van der Waals surface area contributed by atoms with E-state index in [0.29, 0.717) is 0 Å². The predicted octanol–water partition coefficient (Wildman–Crippen LogP) is 3.73. The molecule has 0 nitrogen and oxygen atoms in total. The standard InChI is InChI=1S/C12H16/c1-3-7-11(8-4-1)12-9-5-2-6-10-12/h1,3-4,7-8,12H,2,5-6,9-10H2/i9D,12D. The normalized spacial score (nSPS) is 38.5.